The number of likely N-dealkylation sites (tertiary alicyclic amines) is 1. The molecule has 158 valence electrons. The minimum Gasteiger partial charge on any atom is -0.343 e. The van der Waals surface area contributed by atoms with Crippen LogP contribution in [0.5, 0.6) is 0 Å². The third kappa shape index (κ3) is 3.81. The van der Waals surface area contributed by atoms with E-state index in [0.717, 1.165) is 18.4 Å². The van der Waals surface area contributed by atoms with Crippen LogP contribution < -0.4 is 0 Å². The summed E-state index contributed by atoms with van der Waals surface area (Å²) in [7, 11) is 3.75. The van der Waals surface area contributed by atoms with Crippen LogP contribution in [0.2, 0.25) is 0 Å². The van der Waals surface area contributed by atoms with E-state index in [2.05, 4.69) is 9.97 Å². The molecule has 0 bridgehead atoms. The molecule has 0 unspecified atom stereocenters. The Morgan fingerprint density at radius 3 is 2.63 bits per heavy atom. The third-order valence-corrected chi connectivity index (χ3v) is 5.88. The lowest BCUT2D eigenvalue weighted by molar-refractivity contribution is -0.132. The summed E-state index contributed by atoms with van der Waals surface area (Å²) >= 11 is 0. The summed E-state index contributed by atoms with van der Waals surface area (Å²) in [5.41, 5.74) is 3.26. The molecule has 3 aromatic rings. The predicted molar refractivity (Wildman–Crippen MR) is 113 cm³/mol. The highest BCUT2D eigenvalue weighted by molar-refractivity contribution is 5.93. The molecule has 0 saturated carbocycles. The van der Waals surface area contributed by atoms with E-state index < -0.39 is 5.82 Å². The van der Waals surface area contributed by atoms with Gasteiger partial charge in [0.05, 0.1) is 11.9 Å². The van der Waals surface area contributed by atoms with E-state index in [9.17, 15) is 9.18 Å². The Balaban J connectivity index is 1.59. The van der Waals surface area contributed by atoms with E-state index in [0.29, 0.717) is 47.4 Å². The highest BCUT2D eigenvalue weighted by Gasteiger charge is 2.27. The molecule has 0 spiro atoms. The van der Waals surface area contributed by atoms with Crippen molar-refractivity contribution in [1.29, 1.82) is 0 Å². The third-order valence-electron chi connectivity index (χ3n) is 5.88. The van der Waals surface area contributed by atoms with Crippen LogP contribution in [0.25, 0.3) is 22.2 Å². The van der Waals surface area contributed by atoms with Gasteiger partial charge in [-0.25, -0.2) is 13.8 Å². The standard InChI is InChI=1S/C23H26F2N4O/c1-14-10-16(17-4-7-26-23-22(17)19(25)12-27-23)11-18(24)21(14)15-5-8-29(9-6-15)20(30)13-28(2)3/h4,7,10-12,15H,5-6,8-9,13H2,1-3H3,(H,26,27). The van der Waals surface area contributed by atoms with Crippen LogP contribution >= 0.6 is 0 Å². The molecule has 4 rings (SSSR count). The van der Waals surface area contributed by atoms with Gasteiger partial charge in [-0.15, -0.1) is 0 Å². The van der Waals surface area contributed by atoms with Crippen LogP contribution in [0.3, 0.4) is 0 Å². The molecule has 0 radical (unpaired) electrons. The highest BCUT2D eigenvalue weighted by Crippen LogP contribution is 2.36. The van der Waals surface area contributed by atoms with Crippen LogP contribution in [0.4, 0.5) is 8.78 Å². The van der Waals surface area contributed by atoms with Gasteiger partial charge in [0.1, 0.15) is 11.5 Å². The molecule has 3 heterocycles. The number of nitrogens with zero attached hydrogens (tertiary/aromatic N) is 3. The maximum Gasteiger partial charge on any atom is 0.236 e. The Bertz CT molecular complexity index is 1060. The van der Waals surface area contributed by atoms with Crippen molar-refractivity contribution in [3.05, 3.63) is 53.4 Å². The Hall–Kier alpha value is -2.80. The van der Waals surface area contributed by atoms with Gasteiger partial charge in [0.15, 0.2) is 5.82 Å². The molecule has 0 atom stereocenters. The van der Waals surface area contributed by atoms with E-state index in [1.165, 1.54) is 12.3 Å². The van der Waals surface area contributed by atoms with Crippen LogP contribution in [0.1, 0.15) is 29.9 Å². The van der Waals surface area contributed by atoms with Crippen molar-refractivity contribution in [1.82, 2.24) is 19.8 Å². The number of hydrogen-bond acceptors (Lipinski definition) is 3. The number of halogens is 2. The Labute approximate surface area is 174 Å². The van der Waals surface area contributed by atoms with Gasteiger partial charge in [-0.1, -0.05) is 6.07 Å². The van der Waals surface area contributed by atoms with Gasteiger partial charge < -0.3 is 14.8 Å². The average molecular weight is 412 g/mol. The van der Waals surface area contributed by atoms with Gasteiger partial charge in [-0.3, -0.25) is 4.79 Å². The molecule has 5 nitrogen and oxygen atoms in total. The fourth-order valence-electron chi connectivity index (χ4n) is 4.47. The molecule has 1 fully saturated rings. The van der Waals surface area contributed by atoms with Crippen molar-refractivity contribution < 1.29 is 13.6 Å². The van der Waals surface area contributed by atoms with Crippen molar-refractivity contribution in [3.8, 4) is 11.1 Å². The number of H-pyrrole nitrogens is 1. The number of likely N-dealkylation sites (N-methyl/N-ethyl adjacent to an activating group) is 1. The number of fused-ring (bicyclic) bond motifs is 1. The summed E-state index contributed by atoms with van der Waals surface area (Å²) in [5.74, 6) is -0.487. The number of nitrogens with one attached hydrogen (secondary N) is 1. The molecule has 1 aliphatic rings. The Morgan fingerprint density at radius 1 is 1.23 bits per heavy atom. The zero-order valence-electron chi connectivity index (χ0n) is 17.5. The number of amides is 1. The van der Waals surface area contributed by atoms with Crippen molar-refractivity contribution in [3.63, 3.8) is 0 Å². The van der Waals surface area contributed by atoms with Gasteiger partial charge in [-0.2, -0.15) is 0 Å². The minimum atomic E-state index is -0.398. The first-order chi connectivity index (χ1) is 14.3. The lowest BCUT2D eigenvalue weighted by Crippen LogP contribution is -2.42. The molecule has 0 aliphatic carbocycles. The molecule has 7 heteroatoms. The van der Waals surface area contributed by atoms with E-state index in [1.54, 1.807) is 12.3 Å². The Morgan fingerprint density at radius 2 is 1.97 bits per heavy atom. The minimum absolute atomic E-state index is 0.0731. The maximum atomic E-state index is 15.2. The molecule has 2 aromatic heterocycles. The summed E-state index contributed by atoms with van der Waals surface area (Å²) < 4.78 is 29.5. The van der Waals surface area contributed by atoms with E-state index in [1.807, 2.05) is 36.9 Å². The van der Waals surface area contributed by atoms with Gasteiger partial charge in [-0.05, 0) is 74.2 Å². The molecular formula is C23H26F2N4O. The summed E-state index contributed by atoms with van der Waals surface area (Å²) in [6.07, 6.45) is 4.34. The van der Waals surface area contributed by atoms with Gasteiger partial charge in [0, 0.05) is 25.5 Å². The summed E-state index contributed by atoms with van der Waals surface area (Å²) in [5, 5.41) is 0.372. The topological polar surface area (TPSA) is 52.2 Å². The molecule has 30 heavy (non-hydrogen) atoms. The number of piperidine rings is 1. The van der Waals surface area contributed by atoms with Crippen molar-refractivity contribution in [2.24, 2.45) is 0 Å². The second-order valence-corrected chi connectivity index (χ2v) is 8.30. The number of pyridine rings is 1. The van der Waals surface area contributed by atoms with Crippen LogP contribution in [-0.4, -0.2) is 59.4 Å². The van der Waals surface area contributed by atoms with Gasteiger partial charge in [0.25, 0.3) is 0 Å². The smallest absolute Gasteiger partial charge is 0.236 e. The monoisotopic (exact) mass is 412 g/mol. The molecule has 1 aromatic carbocycles. The largest absolute Gasteiger partial charge is 0.343 e. The van der Waals surface area contributed by atoms with E-state index in [4.69, 9.17) is 0 Å². The zero-order valence-corrected chi connectivity index (χ0v) is 17.5. The number of carbonyl (C=O) groups is 1. The normalized spacial score (nSPS) is 15.3. The van der Waals surface area contributed by atoms with Crippen LogP contribution in [0, 0.1) is 18.6 Å². The number of benzene rings is 1. The number of aromatic amines is 1. The number of hydrogen-bond donors (Lipinski definition) is 1. The van der Waals surface area contributed by atoms with Crippen LogP contribution in [0.15, 0.2) is 30.6 Å². The Kier molecular flexibility index (Phi) is 5.56. The fraction of sp³-hybridized carbons (Fsp3) is 0.391. The van der Waals surface area contributed by atoms with Gasteiger partial charge in [0.2, 0.25) is 5.91 Å². The van der Waals surface area contributed by atoms with Gasteiger partial charge >= 0.3 is 0 Å². The second-order valence-electron chi connectivity index (χ2n) is 8.30. The zero-order chi connectivity index (χ0) is 21.4. The fourth-order valence-corrected chi connectivity index (χ4v) is 4.47. The SMILES string of the molecule is Cc1cc(-c2ccnc3[nH]cc(F)c23)cc(F)c1C1CCN(C(=O)CN(C)C)CC1. The lowest BCUT2D eigenvalue weighted by atomic mass is 9.85. The first-order valence-electron chi connectivity index (χ1n) is 10.2. The average Bonchev–Trinajstić information content (AvgIpc) is 3.08. The number of rotatable bonds is 4. The number of carbonyl (C=O) groups excluding carboxylic acids is 1. The first kappa shape index (κ1) is 20.5. The highest BCUT2D eigenvalue weighted by atomic mass is 19.1. The molecule has 1 saturated heterocycles. The number of aryl methyl sites for hydroxylation is 1. The summed E-state index contributed by atoms with van der Waals surface area (Å²) in [6, 6.07) is 5.12. The summed E-state index contributed by atoms with van der Waals surface area (Å²) in [6.45, 7) is 3.56. The molecule has 1 N–H and O–H groups in total. The van der Waals surface area contributed by atoms with Crippen molar-refractivity contribution in [2.75, 3.05) is 33.7 Å². The molecule has 1 aliphatic heterocycles. The van der Waals surface area contributed by atoms with Crippen LogP contribution in [-0.2, 0) is 4.79 Å². The number of aromatic nitrogens is 2. The molecular weight excluding hydrogens is 386 g/mol. The summed E-state index contributed by atoms with van der Waals surface area (Å²) in [4.78, 5) is 22.9. The van der Waals surface area contributed by atoms with Crippen molar-refractivity contribution in [2.45, 2.75) is 25.7 Å². The first-order valence-corrected chi connectivity index (χ1v) is 10.2. The second kappa shape index (κ2) is 8.14. The quantitative estimate of drug-likeness (QED) is 0.702. The predicted octanol–water partition coefficient (Wildman–Crippen LogP) is 4.08. The lowest BCUT2D eigenvalue weighted by Gasteiger charge is -2.33. The maximum absolute atomic E-state index is 15.2. The molecule has 1 amide bonds. The van der Waals surface area contributed by atoms with Crippen molar-refractivity contribution >= 4 is 16.9 Å². The van der Waals surface area contributed by atoms with E-state index in [-0.39, 0.29) is 17.6 Å². The van der Waals surface area contributed by atoms with E-state index >= 15 is 4.39 Å².